The van der Waals surface area contributed by atoms with Crippen molar-refractivity contribution in [2.75, 3.05) is 26.3 Å². The molecule has 0 aliphatic carbocycles. The number of benzene rings is 1. The summed E-state index contributed by atoms with van der Waals surface area (Å²) in [7, 11) is 0. The van der Waals surface area contributed by atoms with Crippen molar-refractivity contribution >= 4 is 5.91 Å². The predicted octanol–water partition coefficient (Wildman–Crippen LogP) is 3.27. The van der Waals surface area contributed by atoms with E-state index in [1.54, 1.807) is 0 Å². The van der Waals surface area contributed by atoms with Crippen LogP contribution in [-0.2, 0) is 9.53 Å². The standard InChI is InChI=1S/C19H29NO4/c1-4-22-17-7-5-6-8-18(17)24-16-9-12-20(13-10-16)19(21)11-14-23-15(2)3/h5-8,15-16H,4,9-14H2,1-3H3. The van der Waals surface area contributed by atoms with Gasteiger partial charge in [-0.15, -0.1) is 0 Å². The average molecular weight is 335 g/mol. The molecule has 1 heterocycles. The zero-order valence-electron chi connectivity index (χ0n) is 15.0. The minimum atomic E-state index is 0.127. The number of para-hydroxylation sites is 2. The molecule has 1 aromatic rings. The summed E-state index contributed by atoms with van der Waals surface area (Å²) in [6, 6.07) is 7.75. The van der Waals surface area contributed by atoms with Crippen LogP contribution in [0.15, 0.2) is 24.3 Å². The van der Waals surface area contributed by atoms with E-state index < -0.39 is 0 Å². The fourth-order valence-electron chi connectivity index (χ4n) is 2.76. The van der Waals surface area contributed by atoms with Crippen LogP contribution in [0, 0.1) is 0 Å². The highest BCUT2D eigenvalue weighted by Crippen LogP contribution is 2.29. The molecule has 0 N–H and O–H groups in total. The van der Waals surface area contributed by atoms with E-state index in [1.165, 1.54) is 0 Å². The van der Waals surface area contributed by atoms with Crippen molar-refractivity contribution in [3.8, 4) is 11.5 Å². The van der Waals surface area contributed by atoms with E-state index in [0.29, 0.717) is 19.6 Å². The Morgan fingerprint density at radius 2 is 1.88 bits per heavy atom. The van der Waals surface area contributed by atoms with Crippen molar-refractivity contribution in [1.82, 2.24) is 4.90 Å². The van der Waals surface area contributed by atoms with Crippen molar-refractivity contribution in [2.45, 2.75) is 52.2 Å². The van der Waals surface area contributed by atoms with Crippen LogP contribution in [-0.4, -0.2) is 49.3 Å². The molecule has 0 saturated carbocycles. The fourth-order valence-corrected chi connectivity index (χ4v) is 2.76. The molecule has 1 saturated heterocycles. The van der Waals surface area contributed by atoms with Crippen LogP contribution in [0.5, 0.6) is 11.5 Å². The predicted molar refractivity (Wildman–Crippen MR) is 93.5 cm³/mol. The maximum atomic E-state index is 12.2. The molecule has 0 atom stereocenters. The Hall–Kier alpha value is -1.75. The summed E-state index contributed by atoms with van der Waals surface area (Å²) < 4.78 is 17.1. The van der Waals surface area contributed by atoms with Crippen LogP contribution < -0.4 is 9.47 Å². The number of likely N-dealkylation sites (tertiary alicyclic amines) is 1. The number of hydrogen-bond donors (Lipinski definition) is 0. The van der Waals surface area contributed by atoms with Gasteiger partial charge in [0.1, 0.15) is 6.10 Å². The molecule has 134 valence electrons. The monoisotopic (exact) mass is 335 g/mol. The lowest BCUT2D eigenvalue weighted by Gasteiger charge is -2.32. The molecule has 5 nitrogen and oxygen atoms in total. The highest BCUT2D eigenvalue weighted by molar-refractivity contribution is 5.76. The van der Waals surface area contributed by atoms with Gasteiger partial charge in [0.25, 0.3) is 0 Å². The molecule has 1 aromatic carbocycles. The van der Waals surface area contributed by atoms with Crippen LogP contribution in [0.2, 0.25) is 0 Å². The van der Waals surface area contributed by atoms with E-state index in [0.717, 1.165) is 37.4 Å². The number of carbonyl (C=O) groups excluding carboxylic acids is 1. The molecule has 1 amide bonds. The highest BCUT2D eigenvalue weighted by atomic mass is 16.5. The Morgan fingerprint density at radius 3 is 2.50 bits per heavy atom. The van der Waals surface area contributed by atoms with E-state index in [2.05, 4.69) is 0 Å². The summed E-state index contributed by atoms with van der Waals surface area (Å²) in [5.74, 6) is 1.74. The molecule has 5 heteroatoms. The topological polar surface area (TPSA) is 48.0 Å². The quantitative estimate of drug-likeness (QED) is 0.731. The molecule has 0 aromatic heterocycles. The number of hydrogen-bond acceptors (Lipinski definition) is 4. The minimum absolute atomic E-state index is 0.127. The second-order valence-electron chi connectivity index (χ2n) is 6.25. The summed E-state index contributed by atoms with van der Waals surface area (Å²) in [6.07, 6.45) is 2.44. The number of carbonyl (C=O) groups is 1. The third-order valence-electron chi connectivity index (χ3n) is 4.00. The maximum Gasteiger partial charge on any atom is 0.224 e. The van der Waals surface area contributed by atoms with Gasteiger partial charge in [-0.05, 0) is 32.9 Å². The van der Waals surface area contributed by atoms with Crippen molar-refractivity contribution in [2.24, 2.45) is 0 Å². The molecule has 0 spiro atoms. The third-order valence-corrected chi connectivity index (χ3v) is 4.00. The highest BCUT2D eigenvalue weighted by Gasteiger charge is 2.24. The van der Waals surface area contributed by atoms with Gasteiger partial charge in [0.2, 0.25) is 5.91 Å². The van der Waals surface area contributed by atoms with Gasteiger partial charge in [-0.3, -0.25) is 4.79 Å². The molecule has 1 aliphatic rings. The summed E-state index contributed by atoms with van der Waals surface area (Å²) in [4.78, 5) is 14.1. The fraction of sp³-hybridized carbons (Fsp3) is 0.632. The van der Waals surface area contributed by atoms with E-state index >= 15 is 0 Å². The first-order chi connectivity index (χ1) is 11.6. The Labute approximate surface area is 144 Å². The normalized spacial score (nSPS) is 15.6. The molecule has 0 bridgehead atoms. The van der Waals surface area contributed by atoms with Crippen LogP contribution >= 0.6 is 0 Å². The molecular weight excluding hydrogens is 306 g/mol. The van der Waals surface area contributed by atoms with Gasteiger partial charge in [-0.2, -0.15) is 0 Å². The SMILES string of the molecule is CCOc1ccccc1OC1CCN(C(=O)CCOC(C)C)CC1. The van der Waals surface area contributed by atoms with Gasteiger partial charge < -0.3 is 19.1 Å². The largest absolute Gasteiger partial charge is 0.490 e. The first-order valence-electron chi connectivity index (χ1n) is 8.88. The lowest BCUT2D eigenvalue weighted by molar-refractivity contribution is -0.134. The Kier molecular flexibility index (Phi) is 7.37. The summed E-state index contributed by atoms with van der Waals surface area (Å²) in [5, 5.41) is 0. The van der Waals surface area contributed by atoms with Gasteiger partial charge in [0.05, 0.1) is 25.7 Å². The molecule has 2 rings (SSSR count). The second kappa shape index (κ2) is 9.52. The van der Waals surface area contributed by atoms with Gasteiger partial charge in [-0.25, -0.2) is 0 Å². The summed E-state index contributed by atoms with van der Waals surface area (Å²) in [6.45, 7) is 8.51. The first kappa shape index (κ1) is 18.6. The maximum absolute atomic E-state index is 12.2. The van der Waals surface area contributed by atoms with Crippen molar-refractivity contribution in [3.63, 3.8) is 0 Å². The van der Waals surface area contributed by atoms with Gasteiger partial charge in [-0.1, -0.05) is 12.1 Å². The lowest BCUT2D eigenvalue weighted by atomic mass is 10.1. The zero-order valence-corrected chi connectivity index (χ0v) is 15.0. The summed E-state index contributed by atoms with van der Waals surface area (Å²) >= 11 is 0. The molecular formula is C19H29NO4. The first-order valence-corrected chi connectivity index (χ1v) is 8.88. The van der Waals surface area contributed by atoms with E-state index in [4.69, 9.17) is 14.2 Å². The van der Waals surface area contributed by atoms with Crippen LogP contribution in [0.25, 0.3) is 0 Å². The summed E-state index contributed by atoms with van der Waals surface area (Å²) in [5.41, 5.74) is 0. The minimum Gasteiger partial charge on any atom is -0.490 e. The molecule has 1 aliphatic heterocycles. The Bertz CT molecular complexity index is 510. The number of piperidine rings is 1. The molecule has 0 radical (unpaired) electrons. The van der Waals surface area contributed by atoms with Crippen molar-refractivity contribution in [3.05, 3.63) is 24.3 Å². The Morgan fingerprint density at radius 1 is 1.21 bits per heavy atom. The van der Waals surface area contributed by atoms with Crippen LogP contribution in [0.3, 0.4) is 0 Å². The molecule has 0 unspecified atom stereocenters. The average Bonchev–Trinajstić information content (AvgIpc) is 2.57. The van der Waals surface area contributed by atoms with E-state index in [-0.39, 0.29) is 18.1 Å². The third kappa shape index (κ3) is 5.71. The van der Waals surface area contributed by atoms with Gasteiger partial charge in [0, 0.05) is 25.9 Å². The van der Waals surface area contributed by atoms with Gasteiger partial charge >= 0.3 is 0 Å². The second-order valence-corrected chi connectivity index (χ2v) is 6.25. The molecule has 1 fully saturated rings. The van der Waals surface area contributed by atoms with E-state index in [1.807, 2.05) is 49.9 Å². The van der Waals surface area contributed by atoms with Gasteiger partial charge in [0.15, 0.2) is 11.5 Å². The number of rotatable bonds is 8. The Balaban J connectivity index is 1.77. The van der Waals surface area contributed by atoms with E-state index in [9.17, 15) is 4.79 Å². The van der Waals surface area contributed by atoms with Crippen LogP contribution in [0.1, 0.15) is 40.0 Å². The number of ether oxygens (including phenoxy) is 3. The lowest BCUT2D eigenvalue weighted by Crippen LogP contribution is -2.42. The number of amides is 1. The molecule has 24 heavy (non-hydrogen) atoms. The number of nitrogens with zero attached hydrogens (tertiary/aromatic N) is 1. The van der Waals surface area contributed by atoms with Crippen molar-refractivity contribution < 1.29 is 19.0 Å². The smallest absolute Gasteiger partial charge is 0.224 e. The van der Waals surface area contributed by atoms with Crippen LogP contribution in [0.4, 0.5) is 0 Å². The van der Waals surface area contributed by atoms with Crippen molar-refractivity contribution in [1.29, 1.82) is 0 Å². The zero-order chi connectivity index (χ0) is 17.4.